The maximum atomic E-state index is 12.4. The van der Waals surface area contributed by atoms with Crippen LogP contribution in [0.15, 0.2) is 23.0 Å². The first-order valence-electron chi connectivity index (χ1n) is 6.81. The fourth-order valence-corrected chi connectivity index (χ4v) is 2.60. The molecule has 0 spiro atoms. The lowest BCUT2D eigenvalue weighted by atomic mass is 9.80. The van der Waals surface area contributed by atoms with Crippen molar-refractivity contribution in [2.24, 2.45) is 5.41 Å². The minimum Gasteiger partial charge on any atom is -0.326 e. The third-order valence-corrected chi connectivity index (χ3v) is 4.03. The van der Waals surface area contributed by atoms with Crippen molar-refractivity contribution in [1.29, 1.82) is 0 Å². The third kappa shape index (κ3) is 2.34. The van der Waals surface area contributed by atoms with Gasteiger partial charge in [-0.15, -0.1) is 0 Å². The Morgan fingerprint density at radius 3 is 2.65 bits per heavy atom. The van der Waals surface area contributed by atoms with Gasteiger partial charge in [-0.05, 0) is 44.1 Å². The highest BCUT2D eigenvalue weighted by Crippen LogP contribution is 2.29. The molecule has 2 heterocycles. The Hall–Kier alpha value is -2.08. The van der Waals surface area contributed by atoms with Gasteiger partial charge in [0.05, 0.1) is 11.0 Å². The van der Waals surface area contributed by atoms with Gasteiger partial charge in [-0.1, -0.05) is 6.92 Å². The molecule has 1 amide bonds. The first-order valence-corrected chi connectivity index (χ1v) is 6.81. The van der Waals surface area contributed by atoms with Gasteiger partial charge in [0.25, 0.3) is 0 Å². The molecule has 2 aromatic rings. The van der Waals surface area contributed by atoms with Crippen LogP contribution >= 0.6 is 0 Å². The van der Waals surface area contributed by atoms with E-state index in [4.69, 9.17) is 0 Å². The number of aromatic nitrogens is 2. The van der Waals surface area contributed by atoms with Crippen LogP contribution in [0.4, 0.5) is 5.69 Å². The summed E-state index contributed by atoms with van der Waals surface area (Å²) >= 11 is 0. The summed E-state index contributed by atoms with van der Waals surface area (Å²) in [6.07, 6.45) is 1.67. The second-order valence-corrected chi connectivity index (χ2v) is 5.60. The number of benzene rings is 1. The number of anilines is 1. The number of hydrogen-bond acceptors (Lipinski definition) is 3. The number of fused-ring (bicyclic) bond motifs is 1. The molecular formula is C14H18N4O2. The molecule has 0 radical (unpaired) electrons. The highest BCUT2D eigenvalue weighted by atomic mass is 16.2. The van der Waals surface area contributed by atoms with E-state index in [0.29, 0.717) is 11.2 Å². The van der Waals surface area contributed by atoms with E-state index >= 15 is 0 Å². The van der Waals surface area contributed by atoms with Crippen LogP contribution < -0.4 is 16.3 Å². The molecule has 6 heteroatoms. The number of carbonyl (C=O) groups excluding carboxylic acids is 1. The number of rotatable bonds is 2. The molecule has 1 aromatic heterocycles. The molecule has 1 aliphatic heterocycles. The maximum Gasteiger partial charge on any atom is 0.323 e. The molecule has 0 aliphatic carbocycles. The zero-order chi connectivity index (χ0) is 14.2. The largest absolute Gasteiger partial charge is 0.326 e. The van der Waals surface area contributed by atoms with Crippen LogP contribution in [0, 0.1) is 5.41 Å². The minimum absolute atomic E-state index is 0.0382. The van der Waals surface area contributed by atoms with Crippen molar-refractivity contribution in [3.05, 3.63) is 28.7 Å². The van der Waals surface area contributed by atoms with Gasteiger partial charge in [-0.2, -0.15) is 0 Å². The molecular weight excluding hydrogens is 256 g/mol. The van der Waals surface area contributed by atoms with E-state index in [1.165, 1.54) is 0 Å². The van der Waals surface area contributed by atoms with Crippen LogP contribution in [0.1, 0.15) is 19.8 Å². The van der Waals surface area contributed by atoms with Crippen molar-refractivity contribution >= 4 is 22.6 Å². The quantitative estimate of drug-likeness (QED) is 0.663. The SMILES string of the molecule is CC1(C(=O)Nc2ccc3[nH]c(=O)[nH]c3c2)CCNCC1. The molecule has 1 saturated heterocycles. The van der Waals surface area contributed by atoms with Crippen LogP contribution in [-0.2, 0) is 4.79 Å². The Morgan fingerprint density at radius 1 is 1.20 bits per heavy atom. The molecule has 20 heavy (non-hydrogen) atoms. The summed E-state index contributed by atoms with van der Waals surface area (Å²) in [5, 5.41) is 6.21. The van der Waals surface area contributed by atoms with Crippen LogP contribution in [0.5, 0.6) is 0 Å². The lowest BCUT2D eigenvalue weighted by Gasteiger charge is -2.32. The first kappa shape index (κ1) is 12.9. The number of aromatic amines is 2. The van der Waals surface area contributed by atoms with Crippen molar-refractivity contribution < 1.29 is 4.79 Å². The Bertz CT molecular complexity index is 695. The summed E-state index contributed by atoms with van der Waals surface area (Å²) in [5.74, 6) is 0.0382. The molecule has 106 valence electrons. The third-order valence-electron chi connectivity index (χ3n) is 4.03. The fraction of sp³-hybridized carbons (Fsp3) is 0.429. The lowest BCUT2D eigenvalue weighted by Crippen LogP contribution is -2.42. The number of imidazole rings is 1. The molecule has 0 saturated carbocycles. The Morgan fingerprint density at radius 2 is 1.90 bits per heavy atom. The normalized spacial score (nSPS) is 18.1. The Kier molecular flexibility index (Phi) is 3.10. The summed E-state index contributed by atoms with van der Waals surface area (Å²) in [7, 11) is 0. The van der Waals surface area contributed by atoms with Crippen LogP contribution in [0.3, 0.4) is 0 Å². The van der Waals surface area contributed by atoms with Gasteiger partial charge in [0.15, 0.2) is 0 Å². The Labute approximate surface area is 116 Å². The van der Waals surface area contributed by atoms with E-state index in [0.717, 1.165) is 31.4 Å². The second kappa shape index (κ2) is 4.79. The zero-order valence-corrected chi connectivity index (χ0v) is 11.4. The summed E-state index contributed by atoms with van der Waals surface area (Å²) in [5.41, 5.74) is 1.57. The fourth-order valence-electron chi connectivity index (χ4n) is 2.60. The van der Waals surface area contributed by atoms with Crippen molar-refractivity contribution in [3.63, 3.8) is 0 Å². The van der Waals surface area contributed by atoms with E-state index in [-0.39, 0.29) is 17.0 Å². The average molecular weight is 274 g/mol. The summed E-state index contributed by atoms with van der Waals surface area (Å²) in [6.45, 7) is 3.74. The molecule has 1 aliphatic rings. The van der Waals surface area contributed by atoms with Gasteiger partial charge in [-0.25, -0.2) is 4.79 Å². The van der Waals surface area contributed by atoms with E-state index in [9.17, 15) is 9.59 Å². The predicted molar refractivity (Wildman–Crippen MR) is 77.8 cm³/mol. The van der Waals surface area contributed by atoms with Gasteiger partial charge < -0.3 is 20.6 Å². The minimum atomic E-state index is -0.328. The van der Waals surface area contributed by atoms with E-state index in [2.05, 4.69) is 20.6 Å². The Balaban J connectivity index is 1.81. The predicted octanol–water partition coefficient (Wildman–Crippen LogP) is 1.18. The molecule has 4 N–H and O–H groups in total. The van der Waals surface area contributed by atoms with E-state index in [1.807, 2.05) is 6.92 Å². The molecule has 0 bridgehead atoms. The van der Waals surface area contributed by atoms with E-state index in [1.54, 1.807) is 18.2 Å². The topological polar surface area (TPSA) is 89.8 Å². The van der Waals surface area contributed by atoms with Gasteiger partial charge in [0.2, 0.25) is 5.91 Å². The summed E-state index contributed by atoms with van der Waals surface area (Å²) < 4.78 is 0. The van der Waals surface area contributed by atoms with Crippen LogP contribution in [-0.4, -0.2) is 29.0 Å². The number of piperidine rings is 1. The van der Waals surface area contributed by atoms with Gasteiger partial charge >= 0.3 is 5.69 Å². The number of H-pyrrole nitrogens is 2. The van der Waals surface area contributed by atoms with Crippen molar-refractivity contribution in [2.45, 2.75) is 19.8 Å². The molecule has 1 aromatic carbocycles. The second-order valence-electron chi connectivity index (χ2n) is 5.60. The van der Waals surface area contributed by atoms with Gasteiger partial charge in [0, 0.05) is 11.1 Å². The standard InChI is InChI=1S/C14H18N4O2/c1-14(4-6-15-7-5-14)12(19)16-9-2-3-10-11(8-9)18-13(20)17-10/h2-3,8,15H,4-7H2,1H3,(H,16,19)(H2,17,18,20). The monoisotopic (exact) mass is 274 g/mol. The van der Waals surface area contributed by atoms with Crippen molar-refractivity contribution in [1.82, 2.24) is 15.3 Å². The van der Waals surface area contributed by atoms with Gasteiger partial charge in [0.1, 0.15) is 0 Å². The number of amides is 1. The molecule has 3 rings (SSSR count). The number of nitrogens with one attached hydrogen (secondary N) is 4. The summed E-state index contributed by atoms with van der Waals surface area (Å²) in [4.78, 5) is 29.0. The van der Waals surface area contributed by atoms with Crippen molar-refractivity contribution in [2.75, 3.05) is 18.4 Å². The van der Waals surface area contributed by atoms with E-state index < -0.39 is 0 Å². The number of carbonyl (C=O) groups is 1. The molecule has 6 nitrogen and oxygen atoms in total. The summed E-state index contributed by atoms with van der Waals surface area (Å²) in [6, 6.07) is 5.36. The van der Waals surface area contributed by atoms with Gasteiger partial charge in [-0.3, -0.25) is 4.79 Å². The lowest BCUT2D eigenvalue weighted by molar-refractivity contribution is -0.126. The highest BCUT2D eigenvalue weighted by molar-refractivity contribution is 5.96. The number of hydrogen-bond donors (Lipinski definition) is 4. The highest BCUT2D eigenvalue weighted by Gasteiger charge is 2.34. The molecule has 0 atom stereocenters. The van der Waals surface area contributed by atoms with Crippen molar-refractivity contribution in [3.8, 4) is 0 Å². The average Bonchev–Trinajstić information content (AvgIpc) is 2.79. The first-order chi connectivity index (χ1) is 9.57. The molecule has 1 fully saturated rings. The van der Waals surface area contributed by atoms with Crippen LogP contribution in [0.2, 0.25) is 0 Å². The molecule has 0 unspecified atom stereocenters. The van der Waals surface area contributed by atoms with Crippen LogP contribution in [0.25, 0.3) is 11.0 Å². The zero-order valence-electron chi connectivity index (χ0n) is 11.4. The smallest absolute Gasteiger partial charge is 0.323 e. The maximum absolute atomic E-state index is 12.4.